The summed E-state index contributed by atoms with van der Waals surface area (Å²) in [6.45, 7) is 4.68. The van der Waals surface area contributed by atoms with Gasteiger partial charge in [-0.3, -0.25) is 0 Å². The largest absolute Gasteiger partial charge is 0.348 e. The third-order valence-corrected chi connectivity index (χ3v) is 3.24. The Morgan fingerprint density at radius 1 is 1.17 bits per heavy atom. The molecule has 1 fully saturated rings. The average Bonchev–Trinajstić information content (AvgIpc) is 2.37. The van der Waals surface area contributed by atoms with Crippen LogP contribution in [0.3, 0.4) is 0 Å². The van der Waals surface area contributed by atoms with Gasteiger partial charge >= 0.3 is 0 Å². The van der Waals surface area contributed by atoms with Crippen molar-refractivity contribution in [3.8, 4) is 0 Å². The Balaban J connectivity index is 2.05. The van der Waals surface area contributed by atoms with E-state index in [1.165, 1.54) is 19.1 Å². The van der Waals surface area contributed by atoms with E-state index in [-0.39, 0.29) is 5.56 Å². The molecule has 1 saturated heterocycles. The molecule has 2 nitrogen and oxygen atoms in total. The molecule has 1 aliphatic heterocycles. The van der Waals surface area contributed by atoms with Crippen molar-refractivity contribution in [1.82, 2.24) is 0 Å². The van der Waals surface area contributed by atoms with Crippen molar-refractivity contribution in [1.29, 1.82) is 0 Å². The minimum absolute atomic E-state index is 0.0263. The molecule has 0 aromatic heterocycles. The first-order valence-electron chi connectivity index (χ1n) is 6.30. The zero-order valence-electron chi connectivity index (χ0n) is 10.7. The molecule has 0 saturated carbocycles. The zero-order chi connectivity index (χ0) is 13.1. The van der Waals surface area contributed by atoms with E-state index in [9.17, 15) is 8.78 Å². The van der Waals surface area contributed by atoms with E-state index in [0.717, 1.165) is 12.8 Å². The number of rotatable bonds is 3. The summed E-state index contributed by atoms with van der Waals surface area (Å²) in [4.78, 5) is 0. The molecule has 4 heteroatoms. The van der Waals surface area contributed by atoms with Gasteiger partial charge in [0.15, 0.2) is 6.29 Å². The Labute approximate surface area is 106 Å². The van der Waals surface area contributed by atoms with Gasteiger partial charge in [0, 0.05) is 17.0 Å². The number of halogens is 2. The topological polar surface area (TPSA) is 18.5 Å². The van der Waals surface area contributed by atoms with Gasteiger partial charge in [0.2, 0.25) is 0 Å². The van der Waals surface area contributed by atoms with Crippen molar-refractivity contribution < 1.29 is 18.3 Å². The zero-order valence-corrected chi connectivity index (χ0v) is 10.7. The minimum atomic E-state index is -0.650. The predicted molar refractivity (Wildman–Crippen MR) is 64.1 cm³/mol. The molecule has 100 valence electrons. The van der Waals surface area contributed by atoms with Gasteiger partial charge in [-0.1, -0.05) is 13.3 Å². The second-order valence-corrected chi connectivity index (χ2v) is 4.76. The number of benzene rings is 1. The van der Waals surface area contributed by atoms with Crippen molar-refractivity contribution in [2.24, 2.45) is 5.92 Å². The maximum atomic E-state index is 13.4. The van der Waals surface area contributed by atoms with Gasteiger partial charge in [-0.15, -0.1) is 0 Å². The van der Waals surface area contributed by atoms with Gasteiger partial charge in [0.25, 0.3) is 0 Å². The quantitative estimate of drug-likeness (QED) is 0.820. The summed E-state index contributed by atoms with van der Waals surface area (Å²) in [5.74, 6) is -0.743. The van der Waals surface area contributed by atoms with E-state index in [4.69, 9.17) is 9.47 Å². The van der Waals surface area contributed by atoms with Gasteiger partial charge in [-0.25, -0.2) is 8.78 Å². The van der Waals surface area contributed by atoms with Crippen molar-refractivity contribution in [3.63, 3.8) is 0 Å². The molecule has 18 heavy (non-hydrogen) atoms. The highest BCUT2D eigenvalue weighted by molar-refractivity contribution is 5.26. The first-order chi connectivity index (χ1) is 8.61. The van der Waals surface area contributed by atoms with E-state index in [2.05, 4.69) is 6.92 Å². The Morgan fingerprint density at radius 2 is 1.72 bits per heavy atom. The summed E-state index contributed by atoms with van der Waals surface area (Å²) in [6, 6.07) is 2.56. The van der Waals surface area contributed by atoms with Crippen LogP contribution in [-0.2, 0) is 9.47 Å². The van der Waals surface area contributed by atoms with E-state index in [0.29, 0.717) is 24.7 Å². The SMILES string of the molecule is CCCC1COC(c2cc(F)c(C)c(F)c2)OC1. The van der Waals surface area contributed by atoms with Gasteiger partial charge < -0.3 is 9.47 Å². The van der Waals surface area contributed by atoms with Crippen molar-refractivity contribution in [3.05, 3.63) is 34.9 Å². The molecule has 1 aromatic carbocycles. The lowest BCUT2D eigenvalue weighted by Crippen LogP contribution is -2.27. The molecule has 1 aromatic rings. The van der Waals surface area contributed by atoms with Crippen molar-refractivity contribution >= 4 is 0 Å². The second kappa shape index (κ2) is 5.76. The second-order valence-electron chi connectivity index (χ2n) is 4.76. The summed E-state index contributed by atoms with van der Waals surface area (Å²) in [6.07, 6.45) is 1.47. The van der Waals surface area contributed by atoms with E-state index < -0.39 is 17.9 Å². The van der Waals surface area contributed by atoms with Crippen LogP contribution < -0.4 is 0 Å². The standard InChI is InChI=1S/C14H18F2O2/c1-3-4-10-7-17-14(18-8-10)11-5-12(15)9(2)13(16)6-11/h5-6,10,14H,3-4,7-8H2,1-2H3. The lowest BCUT2D eigenvalue weighted by atomic mass is 10.0. The molecule has 0 radical (unpaired) electrons. The fourth-order valence-corrected chi connectivity index (χ4v) is 2.11. The van der Waals surface area contributed by atoms with Crippen LogP contribution in [0.15, 0.2) is 12.1 Å². The van der Waals surface area contributed by atoms with Crippen molar-refractivity contribution in [2.75, 3.05) is 13.2 Å². The molecule has 2 rings (SSSR count). The van der Waals surface area contributed by atoms with Crippen LogP contribution in [0.25, 0.3) is 0 Å². The summed E-state index contributed by atoms with van der Waals surface area (Å²) in [5, 5.41) is 0. The highest BCUT2D eigenvalue weighted by Gasteiger charge is 2.24. The number of hydrogen-bond acceptors (Lipinski definition) is 2. The Bertz CT molecular complexity index is 389. The fourth-order valence-electron chi connectivity index (χ4n) is 2.11. The monoisotopic (exact) mass is 256 g/mol. The third-order valence-electron chi connectivity index (χ3n) is 3.24. The molecular formula is C14H18F2O2. The number of ether oxygens (including phenoxy) is 2. The maximum absolute atomic E-state index is 13.4. The molecule has 1 heterocycles. The van der Waals surface area contributed by atoms with Crippen LogP contribution in [-0.4, -0.2) is 13.2 Å². The summed E-state index contributed by atoms with van der Waals surface area (Å²) < 4.78 is 37.9. The van der Waals surface area contributed by atoms with Crippen LogP contribution >= 0.6 is 0 Å². The lowest BCUT2D eigenvalue weighted by molar-refractivity contribution is -0.206. The van der Waals surface area contributed by atoms with E-state index in [1.54, 1.807) is 0 Å². The Kier molecular flexibility index (Phi) is 4.30. The smallest absolute Gasteiger partial charge is 0.184 e. The Hall–Kier alpha value is -1.00. The molecule has 0 amide bonds. The van der Waals surface area contributed by atoms with Gasteiger partial charge in [-0.2, -0.15) is 0 Å². The van der Waals surface area contributed by atoms with Crippen molar-refractivity contribution in [2.45, 2.75) is 33.0 Å². The van der Waals surface area contributed by atoms with Crippen LogP contribution in [0.2, 0.25) is 0 Å². The summed E-state index contributed by atoms with van der Waals surface area (Å²) >= 11 is 0. The third kappa shape index (κ3) is 2.87. The molecular weight excluding hydrogens is 238 g/mol. The van der Waals surface area contributed by atoms with Crippen LogP contribution in [0, 0.1) is 24.5 Å². The maximum Gasteiger partial charge on any atom is 0.184 e. The van der Waals surface area contributed by atoms with E-state index in [1.807, 2.05) is 0 Å². The first kappa shape index (κ1) is 13.4. The molecule has 0 N–H and O–H groups in total. The van der Waals surface area contributed by atoms with Gasteiger partial charge in [0.05, 0.1) is 13.2 Å². The highest BCUT2D eigenvalue weighted by Crippen LogP contribution is 2.28. The molecule has 0 bridgehead atoms. The summed E-state index contributed by atoms with van der Waals surface area (Å²) in [5.41, 5.74) is 0.434. The minimum Gasteiger partial charge on any atom is -0.348 e. The summed E-state index contributed by atoms with van der Waals surface area (Å²) in [7, 11) is 0. The molecule has 0 unspecified atom stereocenters. The normalized spacial score (nSPS) is 24.2. The molecule has 1 aliphatic rings. The number of hydrogen-bond donors (Lipinski definition) is 0. The Morgan fingerprint density at radius 3 is 2.22 bits per heavy atom. The van der Waals surface area contributed by atoms with Gasteiger partial charge in [-0.05, 0) is 25.5 Å². The molecule has 0 aliphatic carbocycles. The van der Waals surface area contributed by atoms with Gasteiger partial charge in [0.1, 0.15) is 11.6 Å². The fraction of sp³-hybridized carbons (Fsp3) is 0.571. The lowest BCUT2D eigenvalue weighted by Gasteiger charge is -2.29. The molecule has 0 spiro atoms. The van der Waals surface area contributed by atoms with Crippen LogP contribution in [0.1, 0.15) is 37.2 Å². The molecule has 0 atom stereocenters. The van der Waals surface area contributed by atoms with E-state index >= 15 is 0 Å². The average molecular weight is 256 g/mol. The highest BCUT2D eigenvalue weighted by atomic mass is 19.1. The van der Waals surface area contributed by atoms with Crippen LogP contribution in [0.5, 0.6) is 0 Å². The first-order valence-corrected chi connectivity index (χ1v) is 6.30. The predicted octanol–water partition coefficient (Wildman–Crippen LogP) is 3.73. The van der Waals surface area contributed by atoms with Crippen LogP contribution in [0.4, 0.5) is 8.78 Å².